The van der Waals surface area contributed by atoms with Gasteiger partial charge in [-0.25, -0.2) is 9.97 Å². The number of fused-ring (bicyclic) bond motifs is 14. The quantitative estimate of drug-likeness (QED) is 0.189. The van der Waals surface area contributed by atoms with Gasteiger partial charge in [0.1, 0.15) is 0 Å². The van der Waals surface area contributed by atoms with Gasteiger partial charge in [-0.15, -0.1) is 0 Å². The summed E-state index contributed by atoms with van der Waals surface area (Å²) in [5, 5.41) is 11.0. The largest absolute Gasteiger partial charge is 0.306 e. The van der Waals surface area contributed by atoms with E-state index in [4.69, 9.17) is 9.97 Å². The van der Waals surface area contributed by atoms with E-state index in [9.17, 15) is 0 Å². The van der Waals surface area contributed by atoms with Crippen molar-refractivity contribution in [1.29, 1.82) is 0 Å². The molecule has 0 aliphatic rings. The molecule has 4 aromatic heterocycles. The van der Waals surface area contributed by atoms with Crippen LogP contribution in [-0.4, -0.2) is 18.9 Å². The van der Waals surface area contributed by atoms with Gasteiger partial charge in [0.05, 0.1) is 38.8 Å². The second kappa shape index (κ2) is 10.3. The minimum Gasteiger partial charge on any atom is -0.306 e. The van der Waals surface area contributed by atoms with Gasteiger partial charge in [0, 0.05) is 43.3 Å². The summed E-state index contributed by atoms with van der Waals surface area (Å²) in [6.45, 7) is 0. The highest BCUT2D eigenvalue weighted by Gasteiger charge is 2.26. The van der Waals surface area contributed by atoms with E-state index in [2.05, 4.69) is 179 Å². The second-order valence-corrected chi connectivity index (χ2v) is 13.7. The molecule has 0 bridgehead atoms. The molecule has 4 heterocycles. The van der Waals surface area contributed by atoms with E-state index in [1.54, 1.807) is 0 Å². The summed E-state index contributed by atoms with van der Waals surface area (Å²) in [5.74, 6) is 0.660. The third kappa shape index (κ3) is 3.60. The zero-order chi connectivity index (χ0) is 33.9. The van der Waals surface area contributed by atoms with Crippen LogP contribution in [-0.2, 0) is 0 Å². The van der Waals surface area contributed by atoms with Gasteiger partial charge in [0.15, 0.2) is 0 Å². The summed E-state index contributed by atoms with van der Waals surface area (Å²) in [4.78, 5) is 10.9. The average Bonchev–Trinajstić information content (AvgIpc) is 3.87. The van der Waals surface area contributed by atoms with Crippen molar-refractivity contribution in [2.75, 3.05) is 0 Å². The van der Waals surface area contributed by atoms with Crippen molar-refractivity contribution in [3.63, 3.8) is 0 Å². The SMILES string of the molecule is c1ccc(-c2ccc(-c3nc(-n4c5ccccc5c5c6ccccc6c6c7cccc8c9ccccc9n(c87)c6c54)nc4ccccc34)cc2)cc1. The first-order valence-electron chi connectivity index (χ1n) is 17.8. The van der Waals surface area contributed by atoms with E-state index in [-0.39, 0.29) is 0 Å². The number of hydrogen-bond donors (Lipinski definition) is 0. The normalized spacial score (nSPS) is 12.2. The highest BCUT2D eigenvalue weighted by Crippen LogP contribution is 2.48. The molecule has 12 rings (SSSR count). The molecule has 240 valence electrons. The van der Waals surface area contributed by atoms with E-state index >= 15 is 0 Å². The molecule has 12 aromatic rings. The molecule has 0 atom stereocenters. The zero-order valence-electron chi connectivity index (χ0n) is 28.0. The number of hydrogen-bond acceptors (Lipinski definition) is 2. The number of para-hydroxylation sites is 4. The fraction of sp³-hybridized carbons (Fsp3) is 0. The molecular formula is C48H28N4. The molecule has 0 unspecified atom stereocenters. The van der Waals surface area contributed by atoms with Gasteiger partial charge in [-0.3, -0.25) is 4.57 Å². The fourth-order valence-electron chi connectivity index (χ4n) is 8.89. The summed E-state index contributed by atoms with van der Waals surface area (Å²) in [5.41, 5.74) is 11.1. The lowest BCUT2D eigenvalue weighted by Gasteiger charge is -2.13. The number of benzene rings is 8. The van der Waals surface area contributed by atoms with E-state index in [0.717, 1.165) is 33.2 Å². The standard InChI is InChI=1S/C48H28N4/c1-2-13-29(14-3-1)30-25-27-31(28-26-30)44-36-18-6-9-22-39(36)49-48(50-44)52-41-24-11-8-19-37(41)42-33-16-4-5-17-34(33)43-38-21-12-20-35-32-15-7-10-23-40(32)51(45(35)38)46(43)47(42)52/h1-28H. The van der Waals surface area contributed by atoms with Crippen molar-refractivity contribution in [3.05, 3.63) is 170 Å². The van der Waals surface area contributed by atoms with Crippen LogP contribution in [0.2, 0.25) is 0 Å². The zero-order valence-corrected chi connectivity index (χ0v) is 28.0. The lowest BCUT2D eigenvalue weighted by molar-refractivity contribution is 1.01. The lowest BCUT2D eigenvalue weighted by atomic mass is 9.98. The van der Waals surface area contributed by atoms with Crippen LogP contribution in [0.3, 0.4) is 0 Å². The molecule has 8 aromatic carbocycles. The molecule has 0 fully saturated rings. The predicted octanol–water partition coefficient (Wildman–Crippen LogP) is 12.4. The Balaban J connectivity index is 1.27. The van der Waals surface area contributed by atoms with Crippen LogP contribution in [0.15, 0.2) is 170 Å². The number of nitrogens with zero attached hydrogens (tertiary/aromatic N) is 4. The van der Waals surface area contributed by atoms with Crippen molar-refractivity contribution in [2.24, 2.45) is 0 Å². The molecule has 0 N–H and O–H groups in total. The lowest BCUT2D eigenvalue weighted by Crippen LogP contribution is -2.04. The van der Waals surface area contributed by atoms with Gasteiger partial charge >= 0.3 is 0 Å². The third-order valence-electron chi connectivity index (χ3n) is 11.0. The molecule has 0 saturated carbocycles. The maximum Gasteiger partial charge on any atom is 0.235 e. The van der Waals surface area contributed by atoms with Crippen molar-refractivity contribution in [1.82, 2.24) is 18.9 Å². The molecule has 0 spiro atoms. The maximum atomic E-state index is 5.51. The highest BCUT2D eigenvalue weighted by atomic mass is 15.2. The highest BCUT2D eigenvalue weighted by molar-refractivity contribution is 6.38. The monoisotopic (exact) mass is 660 g/mol. The van der Waals surface area contributed by atoms with Crippen molar-refractivity contribution < 1.29 is 0 Å². The molecule has 0 amide bonds. The summed E-state index contributed by atoms with van der Waals surface area (Å²) in [6.07, 6.45) is 0. The topological polar surface area (TPSA) is 35.1 Å². The Bertz CT molecular complexity index is 3380. The van der Waals surface area contributed by atoms with Gasteiger partial charge in [-0.05, 0) is 40.1 Å². The Morgan fingerprint density at radius 3 is 1.67 bits per heavy atom. The van der Waals surface area contributed by atoms with Gasteiger partial charge in [-0.1, -0.05) is 152 Å². The molecule has 0 radical (unpaired) electrons. The van der Waals surface area contributed by atoms with Gasteiger partial charge in [0.2, 0.25) is 5.95 Å². The van der Waals surface area contributed by atoms with Crippen molar-refractivity contribution in [3.8, 4) is 28.3 Å². The Labute approximate surface area is 297 Å². The van der Waals surface area contributed by atoms with Crippen LogP contribution >= 0.6 is 0 Å². The summed E-state index contributed by atoms with van der Waals surface area (Å²) in [6, 6.07) is 60.9. The van der Waals surface area contributed by atoms with E-state index in [1.807, 2.05) is 0 Å². The molecule has 4 heteroatoms. The van der Waals surface area contributed by atoms with Crippen molar-refractivity contribution >= 4 is 81.6 Å². The molecule has 0 saturated heterocycles. The van der Waals surface area contributed by atoms with E-state index in [1.165, 1.54) is 70.8 Å². The van der Waals surface area contributed by atoms with Crippen LogP contribution in [0.1, 0.15) is 0 Å². The Morgan fingerprint density at radius 1 is 0.327 bits per heavy atom. The van der Waals surface area contributed by atoms with Gasteiger partial charge in [-0.2, -0.15) is 0 Å². The van der Waals surface area contributed by atoms with E-state index < -0.39 is 0 Å². The predicted molar refractivity (Wildman–Crippen MR) is 217 cm³/mol. The average molecular weight is 661 g/mol. The summed E-state index contributed by atoms with van der Waals surface area (Å²) < 4.78 is 4.83. The Kier molecular flexibility index (Phi) is 5.47. The number of rotatable bonds is 3. The van der Waals surface area contributed by atoms with Crippen LogP contribution < -0.4 is 0 Å². The first-order chi connectivity index (χ1) is 25.8. The second-order valence-electron chi connectivity index (χ2n) is 13.7. The number of aromatic nitrogens is 4. The molecular weight excluding hydrogens is 633 g/mol. The maximum absolute atomic E-state index is 5.51. The van der Waals surface area contributed by atoms with Crippen molar-refractivity contribution in [2.45, 2.75) is 0 Å². The molecule has 52 heavy (non-hydrogen) atoms. The van der Waals surface area contributed by atoms with Gasteiger partial charge in [0.25, 0.3) is 0 Å². The minimum atomic E-state index is 0.660. The van der Waals surface area contributed by atoms with Crippen LogP contribution in [0.4, 0.5) is 0 Å². The first-order valence-corrected chi connectivity index (χ1v) is 17.8. The van der Waals surface area contributed by atoms with Crippen LogP contribution in [0.25, 0.3) is 110 Å². The molecule has 0 aliphatic heterocycles. The van der Waals surface area contributed by atoms with Crippen LogP contribution in [0.5, 0.6) is 0 Å². The molecule has 4 nitrogen and oxygen atoms in total. The van der Waals surface area contributed by atoms with E-state index in [0.29, 0.717) is 5.95 Å². The minimum absolute atomic E-state index is 0.660. The third-order valence-corrected chi connectivity index (χ3v) is 11.0. The van der Waals surface area contributed by atoms with Gasteiger partial charge < -0.3 is 4.40 Å². The summed E-state index contributed by atoms with van der Waals surface area (Å²) in [7, 11) is 0. The molecule has 0 aliphatic carbocycles. The van der Waals surface area contributed by atoms with Crippen LogP contribution in [0, 0.1) is 0 Å². The smallest absolute Gasteiger partial charge is 0.235 e. The fourth-order valence-corrected chi connectivity index (χ4v) is 8.89. The summed E-state index contributed by atoms with van der Waals surface area (Å²) >= 11 is 0. The first kappa shape index (κ1) is 27.7. The Hall–Kier alpha value is -7.04. The Morgan fingerprint density at radius 2 is 0.885 bits per heavy atom.